The van der Waals surface area contributed by atoms with E-state index in [0.29, 0.717) is 6.42 Å². The number of alkyl halides is 2. The van der Waals surface area contributed by atoms with Crippen LogP contribution in [0.25, 0.3) is 0 Å². The predicted molar refractivity (Wildman–Crippen MR) is 53.1 cm³/mol. The van der Waals surface area contributed by atoms with E-state index in [9.17, 15) is 4.79 Å². The zero-order valence-corrected chi connectivity index (χ0v) is 8.22. The molecule has 0 heterocycles. The molecule has 13 heavy (non-hydrogen) atoms. The summed E-state index contributed by atoms with van der Waals surface area (Å²) in [6.07, 6.45) is 8.19. The summed E-state index contributed by atoms with van der Waals surface area (Å²) in [7, 11) is 0. The maximum absolute atomic E-state index is 10.2. The third kappa shape index (κ3) is 3.66. The molecule has 1 N–H and O–H groups in total. The van der Waals surface area contributed by atoms with E-state index in [1.807, 2.05) is 0 Å². The van der Waals surface area contributed by atoms with Crippen LogP contribution < -0.4 is 0 Å². The first-order valence-corrected chi connectivity index (χ1v) is 4.43. The zero-order chi connectivity index (χ0) is 9.90. The number of rotatable bonds is 2. The van der Waals surface area contributed by atoms with Crippen molar-refractivity contribution in [3.05, 3.63) is 36.0 Å². The van der Waals surface area contributed by atoms with Crippen LogP contribution in [0.5, 0.6) is 0 Å². The molecule has 0 aromatic heterocycles. The number of hydrogen-bond donors (Lipinski definition) is 1. The van der Waals surface area contributed by atoms with Gasteiger partial charge in [-0.05, 0) is 17.7 Å². The highest BCUT2D eigenvalue weighted by atomic mass is 35.5. The molecule has 1 aliphatic carbocycles. The summed E-state index contributed by atoms with van der Waals surface area (Å²) in [5.41, 5.74) is 0.805. The Balaban J connectivity index is 2.63. The van der Waals surface area contributed by atoms with E-state index in [2.05, 4.69) is 0 Å². The van der Waals surface area contributed by atoms with Gasteiger partial charge >= 0.3 is 5.97 Å². The van der Waals surface area contributed by atoms with E-state index < -0.39 is 10.3 Å². The Hall–Kier alpha value is -0.730. The van der Waals surface area contributed by atoms with Crippen LogP contribution in [0.2, 0.25) is 0 Å². The van der Waals surface area contributed by atoms with Gasteiger partial charge in [0.05, 0.1) is 0 Å². The van der Waals surface area contributed by atoms with Crippen LogP contribution >= 0.6 is 23.2 Å². The van der Waals surface area contributed by atoms with Crippen LogP contribution in [-0.2, 0) is 4.79 Å². The average Bonchev–Trinajstić information content (AvgIpc) is 2.02. The van der Waals surface area contributed by atoms with Crippen LogP contribution in [0.1, 0.15) is 6.42 Å². The van der Waals surface area contributed by atoms with Gasteiger partial charge < -0.3 is 5.11 Å². The molecule has 0 aliphatic heterocycles. The molecule has 0 fully saturated rings. The summed E-state index contributed by atoms with van der Waals surface area (Å²) in [5, 5.41) is 8.36. The van der Waals surface area contributed by atoms with Crippen molar-refractivity contribution in [3.63, 3.8) is 0 Å². The molecule has 0 aromatic rings. The fourth-order valence-corrected chi connectivity index (χ4v) is 1.18. The molecule has 1 rings (SSSR count). The summed E-state index contributed by atoms with van der Waals surface area (Å²) in [6.45, 7) is 0. The quantitative estimate of drug-likeness (QED) is 0.572. The Kier molecular flexibility index (Phi) is 3.17. The van der Waals surface area contributed by atoms with E-state index in [4.69, 9.17) is 28.3 Å². The lowest BCUT2D eigenvalue weighted by atomic mass is 10.1. The lowest BCUT2D eigenvalue weighted by Gasteiger charge is -2.16. The second-order valence-electron chi connectivity index (χ2n) is 2.67. The van der Waals surface area contributed by atoms with Crippen molar-refractivity contribution in [3.8, 4) is 0 Å². The van der Waals surface area contributed by atoms with Gasteiger partial charge in [0, 0.05) is 12.5 Å². The Labute approximate surface area is 86.1 Å². The molecule has 0 atom stereocenters. The minimum atomic E-state index is -0.970. The van der Waals surface area contributed by atoms with Gasteiger partial charge in [0.25, 0.3) is 0 Å². The van der Waals surface area contributed by atoms with Gasteiger partial charge in [-0.2, -0.15) is 0 Å². The summed E-state index contributed by atoms with van der Waals surface area (Å²) >= 11 is 11.6. The molecule has 0 amide bonds. The number of carboxylic acid groups (broad SMARTS) is 1. The Morgan fingerprint density at radius 2 is 2.31 bits per heavy atom. The van der Waals surface area contributed by atoms with E-state index in [0.717, 1.165) is 11.6 Å². The van der Waals surface area contributed by atoms with Crippen LogP contribution in [-0.4, -0.2) is 15.4 Å². The van der Waals surface area contributed by atoms with Crippen molar-refractivity contribution in [2.24, 2.45) is 0 Å². The van der Waals surface area contributed by atoms with Crippen molar-refractivity contribution >= 4 is 29.2 Å². The second-order valence-corrected chi connectivity index (χ2v) is 4.22. The van der Waals surface area contributed by atoms with Gasteiger partial charge in [-0.25, -0.2) is 4.79 Å². The molecule has 2 nitrogen and oxygen atoms in total. The highest BCUT2D eigenvalue weighted by Gasteiger charge is 2.20. The number of allylic oxidation sites excluding steroid dienone is 5. The van der Waals surface area contributed by atoms with E-state index in [1.165, 1.54) is 6.08 Å². The minimum Gasteiger partial charge on any atom is -0.478 e. The SMILES string of the molecule is O=C(O)C=CC1=CCC(Cl)(Cl)C=C1. The highest BCUT2D eigenvalue weighted by molar-refractivity contribution is 6.50. The van der Waals surface area contributed by atoms with E-state index >= 15 is 0 Å². The molecule has 0 spiro atoms. The largest absolute Gasteiger partial charge is 0.478 e. The average molecular weight is 219 g/mol. The number of carboxylic acids is 1. The van der Waals surface area contributed by atoms with Crippen LogP contribution in [0.3, 0.4) is 0 Å². The van der Waals surface area contributed by atoms with Crippen molar-refractivity contribution < 1.29 is 9.90 Å². The lowest BCUT2D eigenvalue weighted by Crippen LogP contribution is -2.09. The van der Waals surface area contributed by atoms with E-state index in [-0.39, 0.29) is 0 Å². The molecule has 0 bridgehead atoms. The molecule has 0 aromatic carbocycles. The first kappa shape index (κ1) is 10.4. The van der Waals surface area contributed by atoms with E-state index in [1.54, 1.807) is 18.2 Å². The number of carbonyl (C=O) groups is 1. The first-order valence-electron chi connectivity index (χ1n) is 3.68. The molecule has 1 aliphatic rings. The smallest absolute Gasteiger partial charge is 0.328 e. The van der Waals surface area contributed by atoms with Crippen molar-refractivity contribution in [2.75, 3.05) is 0 Å². The summed E-state index contributed by atoms with van der Waals surface area (Å²) in [4.78, 5) is 10.2. The molecule has 0 unspecified atom stereocenters. The maximum atomic E-state index is 10.2. The monoisotopic (exact) mass is 218 g/mol. The van der Waals surface area contributed by atoms with Gasteiger partial charge in [-0.3, -0.25) is 0 Å². The summed E-state index contributed by atoms with van der Waals surface area (Å²) in [5.74, 6) is -0.970. The first-order chi connectivity index (χ1) is 5.99. The van der Waals surface area contributed by atoms with Crippen molar-refractivity contribution in [1.82, 2.24) is 0 Å². The molecule has 70 valence electrons. The standard InChI is InChI=1S/C9H8Cl2O2/c10-9(11)5-3-7(4-6-9)1-2-8(12)13/h1-5H,6H2,(H,12,13). The van der Waals surface area contributed by atoms with Gasteiger partial charge in [-0.1, -0.05) is 35.4 Å². The van der Waals surface area contributed by atoms with Crippen molar-refractivity contribution in [1.29, 1.82) is 0 Å². The summed E-state index contributed by atoms with van der Waals surface area (Å²) in [6, 6.07) is 0. The van der Waals surface area contributed by atoms with Gasteiger partial charge in [0.1, 0.15) is 4.33 Å². The van der Waals surface area contributed by atoms with Crippen LogP contribution in [0, 0.1) is 0 Å². The maximum Gasteiger partial charge on any atom is 0.328 e. The molecule has 0 radical (unpaired) electrons. The molecule has 0 saturated heterocycles. The van der Waals surface area contributed by atoms with Crippen LogP contribution in [0.4, 0.5) is 0 Å². The fraction of sp³-hybridized carbons (Fsp3) is 0.222. The third-order valence-corrected chi connectivity index (χ3v) is 2.11. The Morgan fingerprint density at radius 1 is 1.62 bits per heavy atom. The number of aliphatic carboxylic acids is 1. The van der Waals surface area contributed by atoms with Gasteiger partial charge in [0.15, 0.2) is 0 Å². The van der Waals surface area contributed by atoms with Gasteiger partial charge in [0.2, 0.25) is 0 Å². The third-order valence-electron chi connectivity index (χ3n) is 1.55. The number of hydrogen-bond acceptors (Lipinski definition) is 1. The molecular formula is C9H8Cl2O2. The van der Waals surface area contributed by atoms with Gasteiger partial charge in [-0.15, -0.1) is 0 Å². The topological polar surface area (TPSA) is 37.3 Å². The van der Waals surface area contributed by atoms with Crippen molar-refractivity contribution in [2.45, 2.75) is 10.8 Å². The summed E-state index contributed by atoms with van der Waals surface area (Å²) < 4.78 is -0.847. The molecular weight excluding hydrogens is 211 g/mol. The molecule has 0 saturated carbocycles. The normalized spacial score (nSPS) is 20.3. The highest BCUT2D eigenvalue weighted by Crippen LogP contribution is 2.31. The lowest BCUT2D eigenvalue weighted by molar-refractivity contribution is -0.131. The fourth-order valence-electron chi connectivity index (χ4n) is 0.899. The Morgan fingerprint density at radius 3 is 2.77 bits per heavy atom. The second kappa shape index (κ2) is 3.99. The number of halogens is 2. The zero-order valence-electron chi connectivity index (χ0n) is 6.71. The van der Waals surface area contributed by atoms with Crippen LogP contribution in [0.15, 0.2) is 36.0 Å². The molecule has 4 heteroatoms. The predicted octanol–water partition coefficient (Wildman–Crippen LogP) is 2.69. The minimum absolute atomic E-state index is 0.492. The Bertz CT molecular complexity index is 301.